The third kappa shape index (κ3) is 2.68. The third-order valence-corrected chi connectivity index (χ3v) is 2.91. The van der Waals surface area contributed by atoms with Crippen LogP contribution in [0, 0.1) is 5.92 Å². The van der Waals surface area contributed by atoms with Gasteiger partial charge in [-0.2, -0.15) is 13.2 Å². The lowest BCUT2D eigenvalue weighted by Crippen LogP contribution is -2.17. The Balaban J connectivity index is 2.09. The Morgan fingerprint density at radius 2 is 2.00 bits per heavy atom. The van der Waals surface area contributed by atoms with E-state index in [4.69, 9.17) is 0 Å². The number of rotatable bonds is 3. The largest absolute Gasteiger partial charge is 0.416 e. The number of halogens is 3. The first-order chi connectivity index (χ1) is 7.47. The summed E-state index contributed by atoms with van der Waals surface area (Å²) in [7, 11) is 0. The molecule has 0 saturated heterocycles. The van der Waals surface area contributed by atoms with Crippen molar-refractivity contribution < 1.29 is 13.2 Å². The van der Waals surface area contributed by atoms with Crippen molar-refractivity contribution in [2.45, 2.75) is 32.0 Å². The Kier molecular flexibility index (Phi) is 2.82. The van der Waals surface area contributed by atoms with Crippen molar-refractivity contribution >= 4 is 5.69 Å². The molecule has 0 heterocycles. The first-order valence-electron chi connectivity index (χ1n) is 5.40. The molecule has 0 bridgehead atoms. The van der Waals surface area contributed by atoms with Gasteiger partial charge in [0.05, 0.1) is 5.56 Å². The lowest BCUT2D eigenvalue weighted by atomic mass is 10.1. The molecule has 1 atom stereocenters. The molecule has 1 aliphatic carbocycles. The predicted molar refractivity (Wildman–Crippen MR) is 57.3 cm³/mol. The van der Waals surface area contributed by atoms with Crippen molar-refractivity contribution in [2.24, 2.45) is 5.92 Å². The van der Waals surface area contributed by atoms with Crippen LogP contribution >= 0.6 is 0 Å². The molecule has 0 spiro atoms. The molecule has 88 valence electrons. The van der Waals surface area contributed by atoms with Crippen molar-refractivity contribution in [3.8, 4) is 0 Å². The van der Waals surface area contributed by atoms with Gasteiger partial charge in [0.2, 0.25) is 0 Å². The topological polar surface area (TPSA) is 12.0 Å². The first-order valence-corrected chi connectivity index (χ1v) is 5.40. The molecule has 0 aliphatic heterocycles. The Hall–Kier alpha value is -1.19. The van der Waals surface area contributed by atoms with E-state index in [0.717, 1.165) is 6.07 Å². The van der Waals surface area contributed by atoms with Crippen molar-refractivity contribution in [3.63, 3.8) is 0 Å². The van der Waals surface area contributed by atoms with Crippen LogP contribution in [0.25, 0.3) is 0 Å². The second-order valence-electron chi connectivity index (χ2n) is 4.35. The van der Waals surface area contributed by atoms with Crippen LogP contribution in [0.2, 0.25) is 0 Å². The minimum atomic E-state index is -4.26. The predicted octanol–water partition coefficient (Wildman–Crippen LogP) is 3.92. The molecule has 0 amide bonds. The summed E-state index contributed by atoms with van der Waals surface area (Å²) in [6.07, 6.45) is -1.92. The molecule has 0 radical (unpaired) electrons. The maximum atomic E-state index is 12.4. The summed E-state index contributed by atoms with van der Waals surface area (Å²) in [4.78, 5) is 0. The highest BCUT2D eigenvalue weighted by Crippen LogP contribution is 2.35. The highest BCUT2D eigenvalue weighted by Gasteiger charge is 2.31. The van der Waals surface area contributed by atoms with Gasteiger partial charge in [-0.15, -0.1) is 0 Å². The van der Waals surface area contributed by atoms with E-state index in [1.165, 1.54) is 25.0 Å². The van der Waals surface area contributed by atoms with Crippen LogP contribution in [0.5, 0.6) is 0 Å². The van der Waals surface area contributed by atoms with E-state index in [1.54, 1.807) is 6.07 Å². The van der Waals surface area contributed by atoms with E-state index in [9.17, 15) is 13.2 Å². The summed E-state index contributed by atoms with van der Waals surface area (Å²) in [5.41, 5.74) is -0.0466. The fraction of sp³-hybridized carbons (Fsp3) is 0.500. The summed E-state index contributed by atoms with van der Waals surface area (Å²) in [6, 6.07) is 5.62. The van der Waals surface area contributed by atoms with E-state index in [-0.39, 0.29) is 6.04 Å². The van der Waals surface area contributed by atoms with E-state index in [1.807, 2.05) is 6.92 Å². The Morgan fingerprint density at radius 1 is 1.31 bits per heavy atom. The zero-order chi connectivity index (χ0) is 11.8. The van der Waals surface area contributed by atoms with Crippen molar-refractivity contribution in [1.29, 1.82) is 0 Å². The fourth-order valence-corrected chi connectivity index (χ4v) is 1.76. The van der Waals surface area contributed by atoms with Gasteiger partial charge in [-0.3, -0.25) is 0 Å². The van der Waals surface area contributed by atoms with Crippen LogP contribution < -0.4 is 5.32 Å². The van der Waals surface area contributed by atoms with Crippen LogP contribution in [0.1, 0.15) is 25.3 Å². The van der Waals surface area contributed by atoms with Crippen molar-refractivity contribution in [2.75, 3.05) is 5.32 Å². The average molecular weight is 229 g/mol. The highest BCUT2D eigenvalue weighted by molar-refractivity contribution is 5.47. The highest BCUT2D eigenvalue weighted by atomic mass is 19.4. The Labute approximate surface area is 92.7 Å². The van der Waals surface area contributed by atoms with E-state index < -0.39 is 11.7 Å². The summed E-state index contributed by atoms with van der Waals surface area (Å²) in [5.74, 6) is 0.620. The van der Waals surface area contributed by atoms with Gasteiger partial charge in [-0.05, 0) is 43.9 Å². The van der Waals surface area contributed by atoms with Crippen LogP contribution in [0.4, 0.5) is 18.9 Å². The molecule has 16 heavy (non-hydrogen) atoms. The number of anilines is 1. The molecule has 1 saturated carbocycles. The molecule has 1 aliphatic rings. The average Bonchev–Trinajstić information content (AvgIpc) is 2.99. The lowest BCUT2D eigenvalue weighted by molar-refractivity contribution is -0.137. The van der Waals surface area contributed by atoms with Gasteiger partial charge in [0, 0.05) is 11.7 Å². The minimum Gasteiger partial charge on any atom is -0.382 e. The summed E-state index contributed by atoms with van der Waals surface area (Å²) >= 11 is 0. The summed E-state index contributed by atoms with van der Waals surface area (Å²) < 4.78 is 37.3. The quantitative estimate of drug-likeness (QED) is 0.828. The minimum absolute atomic E-state index is 0.253. The van der Waals surface area contributed by atoms with Gasteiger partial charge < -0.3 is 5.32 Å². The number of hydrogen-bond donors (Lipinski definition) is 1. The van der Waals surface area contributed by atoms with Crippen LogP contribution in [-0.4, -0.2) is 6.04 Å². The zero-order valence-electron chi connectivity index (χ0n) is 9.01. The molecule has 1 N–H and O–H groups in total. The van der Waals surface area contributed by atoms with Gasteiger partial charge in [0.1, 0.15) is 0 Å². The molecule has 1 fully saturated rings. The Bertz CT molecular complexity index is 369. The maximum Gasteiger partial charge on any atom is 0.416 e. The van der Waals surface area contributed by atoms with Crippen LogP contribution in [-0.2, 0) is 6.18 Å². The zero-order valence-corrected chi connectivity index (χ0v) is 9.01. The van der Waals surface area contributed by atoms with Crippen LogP contribution in [0.15, 0.2) is 24.3 Å². The number of nitrogens with one attached hydrogen (secondary N) is 1. The van der Waals surface area contributed by atoms with Gasteiger partial charge >= 0.3 is 6.18 Å². The fourth-order valence-electron chi connectivity index (χ4n) is 1.76. The Morgan fingerprint density at radius 3 is 2.56 bits per heavy atom. The molecule has 1 aromatic carbocycles. The second-order valence-corrected chi connectivity index (χ2v) is 4.35. The van der Waals surface area contributed by atoms with E-state index in [0.29, 0.717) is 11.6 Å². The molecule has 4 heteroatoms. The maximum absolute atomic E-state index is 12.4. The molecule has 0 unspecified atom stereocenters. The molecular formula is C12H14F3N. The molecule has 1 nitrogen and oxygen atoms in total. The molecule has 2 rings (SSSR count). The van der Waals surface area contributed by atoms with Gasteiger partial charge in [-0.1, -0.05) is 6.07 Å². The van der Waals surface area contributed by atoms with Gasteiger partial charge in [0.15, 0.2) is 0 Å². The molecule has 0 aromatic heterocycles. The standard InChI is InChI=1S/C12H14F3N/c1-8(9-5-6-9)16-11-4-2-3-10(7-11)12(13,14)15/h2-4,7-9,16H,5-6H2,1H3/t8-/m1/s1. The number of hydrogen-bond acceptors (Lipinski definition) is 1. The third-order valence-electron chi connectivity index (χ3n) is 2.91. The number of alkyl halides is 3. The second kappa shape index (κ2) is 4.00. The van der Waals surface area contributed by atoms with Gasteiger partial charge in [0.25, 0.3) is 0 Å². The normalized spacial score (nSPS) is 18.2. The molecular weight excluding hydrogens is 215 g/mol. The van der Waals surface area contributed by atoms with E-state index >= 15 is 0 Å². The van der Waals surface area contributed by atoms with Crippen LogP contribution in [0.3, 0.4) is 0 Å². The monoisotopic (exact) mass is 229 g/mol. The summed E-state index contributed by atoms with van der Waals surface area (Å²) in [6.45, 7) is 2.01. The van der Waals surface area contributed by atoms with E-state index in [2.05, 4.69) is 5.32 Å². The SMILES string of the molecule is C[C@@H](Nc1cccc(C(F)(F)F)c1)C1CC1. The van der Waals surface area contributed by atoms with Gasteiger partial charge in [-0.25, -0.2) is 0 Å². The number of benzene rings is 1. The smallest absolute Gasteiger partial charge is 0.382 e. The summed E-state index contributed by atoms with van der Waals surface area (Å²) in [5, 5.41) is 3.12. The first kappa shape index (κ1) is 11.3. The van der Waals surface area contributed by atoms with Crippen molar-refractivity contribution in [1.82, 2.24) is 0 Å². The lowest BCUT2D eigenvalue weighted by Gasteiger charge is -2.15. The van der Waals surface area contributed by atoms with Crippen molar-refractivity contribution in [3.05, 3.63) is 29.8 Å². The molecule has 1 aromatic rings.